The highest BCUT2D eigenvalue weighted by Gasteiger charge is 2.14. The van der Waals surface area contributed by atoms with Crippen molar-refractivity contribution >= 4 is 70.9 Å². The zero-order chi connectivity index (χ0) is 14.7. The number of halogens is 3. The number of hydrogen-bond acceptors (Lipinski definition) is 3. The summed E-state index contributed by atoms with van der Waals surface area (Å²) >= 11 is 11.2. The summed E-state index contributed by atoms with van der Waals surface area (Å²) in [6.45, 7) is 0. The number of carbonyl (C=O) groups is 2. The molecule has 0 saturated carbocycles. The van der Waals surface area contributed by atoms with Crippen molar-refractivity contribution < 1.29 is 9.59 Å². The Morgan fingerprint density at radius 3 is 2.20 bits per heavy atom. The Balaban J connectivity index is 2.00. The van der Waals surface area contributed by atoms with Crippen LogP contribution in [0.5, 0.6) is 0 Å². The van der Waals surface area contributed by atoms with Crippen molar-refractivity contribution in [2.75, 3.05) is 0 Å². The van der Waals surface area contributed by atoms with Gasteiger partial charge in [0.2, 0.25) is 0 Å². The third-order valence-corrected chi connectivity index (χ3v) is 6.22. The van der Waals surface area contributed by atoms with E-state index in [9.17, 15) is 9.59 Å². The van der Waals surface area contributed by atoms with E-state index in [2.05, 4.69) is 58.6 Å². The molecule has 104 valence electrons. The predicted octanol–water partition coefficient (Wildman–Crippen LogP) is 4.11. The molecule has 1 aromatic carbocycles. The molecule has 0 spiro atoms. The molecular weight excluding hydrogens is 476 g/mol. The lowest BCUT2D eigenvalue weighted by Gasteiger charge is -2.07. The average Bonchev–Trinajstić information content (AvgIpc) is 2.76. The molecule has 0 aliphatic heterocycles. The molecule has 20 heavy (non-hydrogen) atoms. The molecule has 0 atom stereocenters. The summed E-state index contributed by atoms with van der Waals surface area (Å²) in [5.74, 6) is -0.762. The number of thiophene rings is 1. The van der Waals surface area contributed by atoms with Crippen molar-refractivity contribution in [3.63, 3.8) is 0 Å². The summed E-state index contributed by atoms with van der Waals surface area (Å²) < 4.78 is 2.28. The first-order valence-corrected chi connectivity index (χ1v) is 8.48. The molecule has 0 fully saturated rings. The van der Waals surface area contributed by atoms with Crippen LogP contribution >= 0.6 is 59.1 Å². The van der Waals surface area contributed by atoms with Crippen molar-refractivity contribution in [1.29, 1.82) is 0 Å². The van der Waals surface area contributed by atoms with E-state index in [-0.39, 0.29) is 11.8 Å². The summed E-state index contributed by atoms with van der Waals surface area (Å²) in [6.07, 6.45) is 0. The van der Waals surface area contributed by atoms with E-state index in [1.807, 2.05) is 0 Å². The normalized spacial score (nSPS) is 10.2. The molecule has 0 unspecified atom stereocenters. The number of rotatable bonds is 2. The Hall–Kier alpha value is -0.700. The molecule has 4 nitrogen and oxygen atoms in total. The molecule has 0 saturated heterocycles. The molecule has 0 aliphatic rings. The first-order valence-electron chi connectivity index (χ1n) is 5.29. The quantitative estimate of drug-likeness (QED) is 0.633. The van der Waals surface area contributed by atoms with E-state index in [1.165, 1.54) is 11.3 Å². The van der Waals surface area contributed by atoms with E-state index < -0.39 is 0 Å². The minimum Gasteiger partial charge on any atom is -0.267 e. The highest BCUT2D eigenvalue weighted by molar-refractivity contribution is 9.13. The number of amides is 2. The number of benzene rings is 1. The number of nitrogens with one attached hydrogen (secondary N) is 2. The van der Waals surface area contributed by atoms with Crippen molar-refractivity contribution in [2.45, 2.75) is 0 Å². The Bertz CT molecular complexity index is 653. The Labute approximate surface area is 144 Å². The molecule has 1 aromatic heterocycles. The molecule has 8 heteroatoms. The van der Waals surface area contributed by atoms with E-state index in [1.54, 1.807) is 30.3 Å². The van der Waals surface area contributed by atoms with Crippen molar-refractivity contribution in [2.24, 2.45) is 0 Å². The van der Waals surface area contributed by atoms with Crippen LogP contribution in [0.3, 0.4) is 0 Å². The largest absolute Gasteiger partial charge is 0.279 e. The SMILES string of the molecule is O=C(NNC(=O)c1ccccc1Br)c1cc(Br)c(Br)s1. The molecule has 0 aliphatic carbocycles. The Kier molecular flexibility index (Phi) is 5.36. The van der Waals surface area contributed by atoms with Gasteiger partial charge in [-0.15, -0.1) is 11.3 Å². The fourth-order valence-electron chi connectivity index (χ4n) is 1.35. The highest BCUT2D eigenvalue weighted by Crippen LogP contribution is 2.32. The summed E-state index contributed by atoms with van der Waals surface area (Å²) in [5.41, 5.74) is 5.19. The van der Waals surface area contributed by atoms with Crippen LogP contribution in [-0.2, 0) is 0 Å². The van der Waals surface area contributed by atoms with Gasteiger partial charge in [-0.1, -0.05) is 12.1 Å². The smallest absolute Gasteiger partial charge is 0.267 e. The first kappa shape index (κ1) is 15.7. The minimum absolute atomic E-state index is 0.373. The van der Waals surface area contributed by atoms with E-state index in [0.29, 0.717) is 14.9 Å². The lowest BCUT2D eigenvalue weighted by atomic mass is 10.2. The van der Waals surface area contributed by atoms with Crippen molar-refractivity contribution in [3.8, 4) is 0 Å². The standard InChI is InChI=1S/C12H7Br3N2O2S/c13-7-4-2-1-3-6(7)11(18)16-17-12(19)9-5-8(14)10(15)20-9/h1-5H,(H,16,18)(H,17,19). The van der Waals surface area contributed by atoms with Crippen molar-refractivity contribution in [3.05, 3.63) is 53.5 Å². The maximum absolute atomic E-state index is 11.9. The molecule has 2 aromatic rings. The summed E-state index contributed by atoms with van der Waals surface area (Å²) in [7, 11) is 0. The van der Waals surface area contributed by atoms with E-state index >= 15 is 0 Å². The second-order valence-corrected chi connectivity index (χ2v) is 7.70. The lowest BCUT2D eigenvalue weighted by molar-refractivity contribution is 0.0848. The fourth-order valence-corrected chi connectivity index (χ4v) is 3.74. The van der Waals surface area contributed by atoms with Crippen LogP contribution < -0.4 is 10.9 Å². The van der Waals surface area contributed by atoms with Gasteiger partial charge in [0.15, 0.2) is 0 Å². The second kappa shape index (κ2) is 6.84. The lowest BCUT2D eigenvalue weighted by Crippen LogP contribution is -2.41. The molecule has 0 radical (unpaired) electrons. The zero-order valence-corrected chi connectivity index (χ0v) is 15.3. The summed E-state index contributed by atoms with van der Waals surface area (Å²) in [5, 5.41) is 0. The maximum Gasteiger partial charge on any atom is 0.279 e. The third-order valence-electron chi connectivity index (χ3n) is 2.28. The predicted molar refractivity (Wildman–Crippen MR) is 88.8 cm³/mol. The third kappa shape index (κ3) is 3.69. The van der Waals surface area contributed by atoms with Crippen LogP contribution in [0.15, 0.2) is 43.1 Å². The monoisotopic (exact) mass is 480 g/mol. The molecule has 2 amide bonds. The van der Waals surface area contributed by atoms with Gasteiger partial charge in [-0.05, 0) is 66.0 Å². The van der Waals surface area contributed by atoms with Gasteiger partial charge in [0.05, 0.1) is 14.2 Å². The summed E-state index contributed by atoms with van der Waals surface area (Å²) in [6, 6.07) is 8.64. The number of hydrazine groups is 1. The van der Waals surface area contributed by atoms with Gasteiger partial charge >= 0.3 is 0 Å². The van der Waals surface area contributed by atoms with Gasteiger partial charge in [-0.25, -0.2) is 0 Å². The zero-order valence-electron chi connectivity index (χ0n) is 9.75. The van der Waals surface area contributed by atoms with Crippen LogP contribution in [0, 0.1) is 0 Å². The first-order chi connectivity index (χ1) is 9.49. The highest BCUT2D eigenvalue weighted by atomic mass is 79.9. The molecular formula is C12H7Br3N2O2S. The van der Waals surface area contributed by atoms with Gasteiger partial charge in [0.25, 0.3) is 11.8 Å². The molecule has 1 heterocycles. The van der Waals surface area contributed by atoms with E-state index in [0.717, 1.165) is 8.26 Å². The van der Waals surface area contributed by atoms with Crippen LogP contribution in [0.2, 0.25) is 0 Å². The van der Waals surface area contributed by atoms with Gasteiger partial charge in [0.1, 0.15) is 0 Å². The molecule has 0 bridgehead atoms. The van der Waals surface area contributed by atoms with Crippen LogP contribution in [0.1, 0.15) is 20.0 Å². The molecule has 2 N–H and O–H groups in total. The molecule has 2 rings (SSSR count). The van der Waals surface area contributed by atoms with E-state index in [4.69, 9.17) is 0 Å². The Morgan fingerprint density at radius 1 is 0.950 bits per heavy atom. The second-order valence-electron chi connectivity index (χ2n) is 3.62. The number of carbonyl (C=O) groups excluding carboxylic acids is 2. The topological polar surface area (TPSA) is 58.2 Å². The Morgan fingerprint density at radius 2 is 1.60 bits per heavy atom. The van der Waals surface area contributed by atoms with Crippen LogP contribution in [0.25, 0.3) is 0 Å². The summed E-state index contributed by atoms with van der Waals surface area (Å²) in [4.78, 5) is 24.2. The fraction of sp³-hybridized carbons (Fsp3) is 0. The van der Waals surface area contributed by atoms with Crippen LogP contribution in [-0.4, -0.2) is 11.8 Å². The van der Waals surface area contributed by atoms with Gasteiger partial charge < -0.3 is 0 Å². The van der Waals surface area contributed by atoms with Gasteiger partial charge in [-0.2, -0.15) is 0 Å². The average molecular weight is 483 g/mol. The number of hydrogen-bond donors (Lipinski definition) is 2. The van der Waals surface area contributed by atoms with Crippen molar-refractivity contribution in [1.82, 2.24) is 10.9 Å². The maximum atomic E-state index is 11.9. The van der Waals surface area contributed by atoms with Gasteiger partial charge in [0, 0.05) is 8.95 Å². The van der Waals surface area contributed by atoms with Crippen LogP contribution in [0.4, 0.5) is 0 Å². The minimum atomic E-state index is -0.388. The van der Waals surface area contributed by atoms with Gasteiger partial charge in [-0.3, -0.25) is 20.4 Å².